The quantitative estimate of drug-likeness (QED) is 0.446. The number of benzene rings is 3. The number of nitrogens with one attached hydrogen (secondary N) is 1. The van der Waals surface area contributed by atoms with E-state index in [4.69, 9.17) is 4.74 Å². The number of carbonyl (C=O) groups is 1. The van der Waals surface area contributed by atoms with E-state index in [-0.39, 0.29) is 24.1 Å². The summed E-state index contributed by atoms with van der Waals surface area (Å²) in [5.41, 5.74) is 1.12. The Hall–Kier alpha value is -3.81. The van der Waals surface area contributed by atoms with Crippen LogP contribution in [0.25, 0.3) is 0 Å². The minimum absolute atomic E-state index is 0.124. The van der Waals surface area contributed by atoms with E-state index in [1.54, 1.807) is 20.8 Å². The summed E-state index contributed by atoms with van der Waals surface area (Å²) in [5.74, 6) is -3.95. The van der Waals surface area contributed by atoms with E-state index < -0.39 is 35.2 Å². The molecule has 0 aliphatic carbocycles. The zero-order valence-corrected chi connectivity index (χ0v) is 19.6. The van der Waals surface area contributed by atoms with Gasteiger partial charge in [0.05, 0.1) is 18.6 Å². The molecule has 35 heavy (non-hydrogen) atoms. The number of halogens is 3. The molecule has 0 saturated carbocycles. The molecule has 5 nitrogen and oxygen atoms in total. The molecule has 1 amide bonds. The molecule has 0 spiro atoms. The first-order valence-corrected chi connectivity index (χ1v) is 11.2. The van der Waals surface area contributed by atoms with Crippen molar-refractivity contribution in [2.45, 2.75) is 45.0 Å². The van der Waals surface area contributed by atoms with Gasteiger partial charge in [-0.25, -0.2) is 27.9 Å². The van der Waals surface area contributed by atoms with Crippen LogP contribution in [0.15, 0.2) is 77.8 Å². The van der Waals surface area contributed by atoms with Gasteiger partial charge in [0.25, 0.3) is 0 Å². The van der Waals surface area contributed by atoms with E-state index in [1.165, 1.54) is 4.90 Å². The molecule has 8 heteroatoms. The predicted octanol–water partition coefficient (Wildman–Crippen LogP) is 6.28. The van der Waals surface area contributed by atoms with E-state index in [0.717, 1.165) is 23.3 Å². The summed E-state index contributed by atoms with van der Waals surface area (Å²) in [4.78, 5) is 19.3. The second-order valence-electron chi connectivity index (χ2n) is 9.25. The number of rotatable bonds is 4. The average Bonchev–Trinajstić information content (AvgIpc) is 3.21. The molecule has 4 rings (SSSR count). The molecule has 182 valence electrons. The van der Waals surface area contributed by atoms with Gasteiger partial charge in [-0.05, 0) is 49.6 Å². The van der Waals surface area contributed by atoms with Crippen LogP contribution in [-0.4, -0.2) is 22.6 Å². The van der Waals surface area contributed by atoms with Gasteiger partial charge >= 0.3 is 6.09 Å². The number of amides is 1. The summed E-state index contributed by atoms with van der Waals surface area (Å²) in [6, 6.07) is 19.9. The molecule has 1 aliphatic heterocycles. The van der Waals surface area contributed by atoms with Crippen LogP contribution >= 0.6 is 0 Å². The Balaban J connectivity index is 1.78. The molecule has 1 N–H and O–H groups in total. The van der Waals surface area contributed by atoms with Gasteiger partial charge in [0.1, 0.15) is 5.60 Å². The van der Waals surface area contributed by atoms with Gasteiger partial charge in [-0.3, -0.25) is 0 Å². The first kappa shape index (κ1) is 24.3. The number of ether oxygens (including phenoxy) is 1. The van der Waals surface area contributed by atoms with Crippen LogP contribution in [0.1, 0.15) is 49.5 Å². The molecule has 2 atom stereocenters. The highest BCUT2D eigenvalue weighted by atomic mass is 19.2. The third-order valence-electron chi connectivity index (χ3n) is 5.45. The smallest absolute Gasteiger partial charge is 0.417 e. The van der Waals surface area contributed by atoms with Gasteiger partial charge in [0.2, 0.25) is 5.96 Å². The van der Waals surface area contributed by atoms with Crippen molar-refractivity contribution in [3.63, 3.8) is 0 Å². The average molecular weight is 482 g/mol. The second-order valence-corrected chi connectivity index (χ2v) is 9.25. The fraction of sp³-hybridized carbons (Fsp3) is 0.259. The molecule has 2 unspecified atom stereocenters. The zero-order chi connectivity index (χ0) is 25.2. The maximum atomic E-state index is 13.7. The van der Waals surface area contributed by atoms with E-state index in [9.17, 15) is 18.0 Å². The van der Waals surface area contributed by atoms with Crippen LogP contribution in [0.5, 0.6) is 0 Å². The number of carbonyl (C=O) groups excluding carboxylic acids is 1. The zero-order valence-electron chi connectivity index (χ0n) is 19.6. The molecule has 1 saturated heterocycles. The second kappa shape index (κ2) is 9.82. The minimum atomic E-state index is -1.54. The molecule has 0 radical (unpaired) electrons. The molecular weight excluding hydrogens is 455 g/mol. The van der Waals surface area contributed by atoms with Crippen molar-refractivity contribution in [2.24, 2.45) is 4.99 Å². The van der Waals surface area contributed by atoms with E-state index >= 15 is 0 Å². The van der Waals surface area contributed by atoms with Gasteiger partial charge in [-0.2, -0.15) is 0 Å². The third kappa shape index (κ3) is 5.48. The minimum Gasteiger partial charge on any atom is -0.443 e. The molecular formula is C27H26F3N3O2. The van der Waals surface area contributed by atoms with Crippen molar-refractivity contribution in [3.05, 3.63) is 107 Å². The number of guanidine groups is 1. The number of nitrogens with zero attached hydrogens (tertiary/aromatic N) is 2. The van der Waals surface area contributed by atoms with Crippen LogP contribution in [0.4, 0.5) is 18.0 Å². The largest absolute Gasteiger partial charge is 0.443 e. The Kier molecular flexibility index (Phi) is 6.82. The first-order chi connectivity index (χ1) is 16.6. The maximum absolute atomic E-state index is 13.7. The summed E-state index contributed by atoms with van der Waals surface area (Å²) in [6.07, 6.45) is -0.618. The van der Waals surface area contributed by atoms with Crippen LogP contribution in [0.3, 0.4) is 0 Å². The Morgan fingerprint density at radius 2 is 1.49 bits per heavy atom. The van der Waals surface area contributed by atoms with Gasteiger partial charge < -0.3 is 10.1 Å². The Labute approximate surface area is 202 Å². The van der Waals surface area contributed by atoms with E-state index in [0.29, 0.717) is 0 Å². The van der Waals surface area contributed by atoms with Crippen LogP contribution in [0.2, 0.25) is 0 Å². The lowest BCUT2D eigenvalue weighted by Gasteiger charge is -2.29. The standard InChI is InChI=1S/C27H26F3N3O2/c1-27(2,3)35-26(34)33-24(19-12-8-5-9-13-19)23(18-10-6-4-7-11-18)32-25(33)31-16-17-14-20(28)22(30)21(29)15-17/h4-15,23-24H,16H2,1-3H3,(H,31,32). The van der Waals surface area contributed by atoms with Crippen molar-refractivity contribution in [3.8, 4) is 0 Å². The Morgan fingerprint density at radius 3 is 2.03 bits per heavy atom. The van der Waals surface area contributed by atoms with Crippen molar-refractivity contribution in [1.29, 1.82) is 0 Å². The molecule has 1 fully saturated rings. The highest BCUT2D eigenvalue weighted by Crippen LogP contribution is 2.40. The van der Waals surface area contributed by atoms with Crippen molar-refractivity contribution in [1.82, 2.24) is 10.2 Å². The van der Waals surface area contributed by atoms with Crippen molar-refractivity contribution in [2.75, 3.05) is 0 Å². The Bertz CT molecular complexity index is 1200. The summed E-state index contributed by atoms with van der Waals surface area (Å²) in [6.45, 7) is 5.11. The molecule has 0 aromatic heterocycles. The molecule has 0 bridgehead atoms. The Morgan fingerprint density at radius 1 is 0.943 bits per heavy atom. The number of aliphatic imine (C=N–C) groups is 1. The highest BCUT2D eigenvalue weighted by molar-refractivity contribution is 5.97. The lowest BCUT2D eigenvalue weighted by Crippen LogP contribution is -2.41. The molecule has 3 aromatic rings. The van der Waals surface area contributed by atoms with Crippen LogP contribution < -0.4 is 5.32 Å². The SMILES string of the molecule is CC(C)(C)OC(=O)N1C(=NCc2cc(F)c(F)c(F)c2)NC(c2ccccc2)C1c1ccccc1. The van der Waals surface area contributed by atoms with E-state index in [2.05, 4.69) is 10.3 Å². The normalized spacial score (nSPS) is 19.0. The third-order valence-corrected chi connectivity index (χ3v) is 5.45. The van der Waals surface area contributed by atoms with Gasteiger partial charge in [-0.1, -0.05) is 60.7 Å². The monoisotopic (exact) mass is 481 g/mol. The number of hydrogen-bond acceptors (Lipinski definition) is 3. The summed E-state index contributed by atoms with van der Waals surface area (Å²) < 4.78 is 46.5. The number of hydrogen-bond donors (Lipinski definition) is 1. The van der Waals surface area contributed by atoms with Crippen molar-refractivity contribution < 1.29 is 22.7 Å². The van der Waals surface area contributed by atoms with Crippen LogP contribution in [0, 0.1) is 17.5 Å². The fourth-order valence-corrected chi connectivity index (χ4v) is 3.98. The van der Waals surface area contributed by atoms with Crippen molar-refractivity contribution >= 4 is 12.1 Å². The topological polar surface area (TPSA) is 53.9 Å². The molecule has 1 heterocycles. The van der Waals surface area contributed by atoms with Gasteiger partial charge in [0.15, 0.2) is 17.5 Å². The van der Waals surface area contributed by atoms with Crippen LogP contribution in [-0.2, 0) is 11.3 Å². The van der Waals surface area contributed by atoms with E-state index in [1.807, 2.05) is 60.7 Å². The summed E-state index contributed by atoms with van der Waals surface area (Å²) in [5, 5.41) is 3.30. The summed E-state index contributed by atoms with van der Waals surface area (Å²) >= 11 is 0. The molecule has 3 aromatic carbocycles. The fourth-order valence-electron chi connectivity index (χ4n) is 3.98. The lowest BCUT2D eigenvalue weighted by molar-refractivity contribution is 0.0320. The maximum Gasteiger partial charge on any atom is 0.417 e. The first-order valence-electron chi connectivity index (χ1n) is 11.2. The van der Waals surface area contributed by atoms with Gasteiger partial charge in [0, 0.05) is 0 Å². The lowest BCUT2D eigenvalue weighted by atomic mass is 9.94. The van der Waals surface area contributed by atoms with Gasteiger partial charge in [-0.15, -0.1) is 0 Å². The highest BCUT2D eigenvalue weighted by Gasteiger charge is 2.45. The predicted molar refractivity (Wildman–Crippen MR) is 127 cm³/mol. The molecule has 1 aliphatic rings. The summed E-state index contributed by atoms with van der Waals surface area (Å²) in [7, 11) is 0.